The van der Waals surface area contributed by atoms with Crippen LogP contribution in [0.4, 0.5) is 5.69 Å². The van der Waals surface area contributed by atoms with Crippen molar-refractivity contribution in [3.63, 3.8) is 0 Å². The van der Waals surface area contributed by atoms with Gasteiger partial charge < -0.3 is 9.64 Å². The van der Waals surface area contributed by atoms with Gasteiger partial charge in [-0.3, -0.25) is 0 Å². The maximum absolute atomic E-state index is 9.16. The van der Waals surface area contributed by atoms with Crippen LogP contribution >= 0.6 is 0 Å². The highest BCUT2D eigenvalue weighted by Gasteiger charge is 2.44. The first kappa shape index (κ1) is 12.8. The summed E-state index contributed by atoms with van der Waals surface area (Å²) in [7, 11) is 3.76. The Kier molecular flexibility index (Phi) is 3.21. The predicted octanol–water partition coefficient (Wildman–Crippen LogP) is 3.05. The molecule has 3 heteroatoms. The molecule has 0 amide bonds. The SMILES string of the molecule is COc1cc(C)c(N(C)CC2(C#N)CC2)cc1C. The molecule has 1 aromatic carbocycles. The molecule has 2 rings (SSSR count). The molecule has 0 atom stereocenters. The summed E-state index contributed by atoms with van der Waals surface area (Å²) in [5.41, 5.74) is 3.41. The highest BCUT2D eigenvalue weighted by molar-refractivity contribution is 5.58. The monoisotopic (exact) mass is 244 g/mol. The molecule has 1 aromatic rings. The minimum absolute atomic E-state index is 0.102. The minimum Gasteiger partial charge on any atom is -0.496 e. The molecule has 1 fully saturated rings. The molecule has 0 saturated heterocycles. The van der Waals surface area contributed by atoms with Crippen LogP contribution in [0.3, 0.4) is 0 Å². The third-order valence-corrected chi connectivity index (χ3v) is 3.76. The molecule has 3 nitrogen and oxygen atoms in total. The average Bonchev–Trinajstić information content (AvgIpc) is 3.11. The third kappa shape index (κ3) is 2.28. The first-order valence-electron chi connectivity index (χ1n) is 6.29. The standard InChI is InChI=1S/C15H20N2O/c1-11-8-14(18-4)12(2)7-13(11)17(3)10-15(9-16)5-6-15/h7-8H,5-6,10H2,1-4H3. The Morgan fingerprint density at radius 2 is 2.00 bits per heavy atom. The molecular formula is C15H20N2O. The molecule has 1 saturated carbocycles. The Labute approximate surface area is 109 Å². The number of methoxy groups -OCH3 is 1. The normalized spacial score (nSPS) is 15.9. The Bertz CT molecular complexity index is 498. The zero-order chi connectivity index (χ0) is 13.3. The highest BCUT2D eigenvalue weighted by atomic mass is 16.5. The summed E-state index contributed by atoms with van der Waals surface area (Å²) in [6.07, 6.45) is 2.06. The number of hydrogen-bond donors (Lipinski definition) is 0. The van der Waals surface area contributed by atoms with Crippen LogP contribution in [0.1, 0.15) is 24.0 Å². The maximum Gasteiger partial charge on any atom is 0.122 e. The van der Waals surface area contributed by atoms with Crippen LogP contribution in [-0.4, -0.2) is 20.7 Å². The van der Waals surface area contributed by atoms with E-state index in [1.807, 2.05) is 6.92 Å². The van der Waals surface area contributed by atoms with E-state index in [1.165, 1.54) is 11.3 Å². The van der Waals surface area contributed by atoms with Crippen molar-refractivity contribution in [2.75, 3.05) is 25.6 Å². The molecule has 0 aliphatic heterocycles. The van der Waals surface area contributed by atoms with E-state index in [0.29, 0.717) is 0 Å². The van der Waals surface area contributed by atoms with E-state index in [0.717, 1.165) is 30.7 Å². The van der Waals surface area contributed by atoms with Gasteiger partial charge in [-0.05, 0) is 49.9 Å². The van der Waals surface area contributed by atoms with Crippen LogP contribution in [0.15, 0.2) is 12.1 Å². The van der Waals surface area contributed by atoms with Gasteiger partial charge in [0.25, 0.3) is 0 Å². The molecule has 0 radical (unpaired) electrons. The molecule has 0 N–H and O–H groups in total. The number of anilines is 1. The Hall–Kier alpha value is -1.69. The van der Waals surface area contributed by atoms with Crippen LogP contribution in [0, 0.1) is 30.6 Å². The van der Waals surface area contributed by atoms with Gasteiger partial charge in [0, 0.05) is 19.3 Å². The summed E-state index contributed by atoms with van der Waals surface area (Å²) < 4.78 is 5.32. The van der Waals surface area contributed by atoms with Crippen LogP contribution in [0.25, 0.3) is 0 Å². The molecule has 0 unspecified atom stereocenters. The molecule has 0 spiro atoms. The Morgan fingerprint density at radius 3 is 2.50 bits per heavy atom. The fourth-order valence-electron chi connectivity index (χ4n) is 2.40. The number of aryl methyl sites for hydroxylation is 2. The van der Waals surface area contributed by atoms with Gasteiger partial charge in [0.2, 0.25) is 0 Å². The van der Waals surface area contributed by atoms with Crippen molar-refractivity contribution in [3.8, 4) is 11.8 Å². The fourth-order valence-corrected chi connectivity index (χ4v) is 2.40. The van der Waals surface area contributed by atoms with Crippen LogP contribution in [-0.2, 0) is 0 Å². The number of rotatable bonds is 4. The second-order valence-electron chi connectivity index (χ2n) is 5.36. The first-order valence-corrected chi connectivity index (χ1v) is 6.29. The summed E-state index contributed by atoms with van der Waals surface area (Å²) in [5.74, 6) is 0.922. The molecule has 18 heavy (non-hydrogen) atoms. The van der Waals surface area contributed by atoms with Gasteiger partial charge in [-0.25, -0.2) is 0 Å². The van der Waals surface area contributed by atoms with Crippen LogP contribution < -0.4 is 9.64 Å². The topological polar surface area (TPSA) is 36.3 Å². The average molecular weight is 244 g/mol. The summed E-state index contributed by atoms with van der Waals surface area (Å²) in [4.78, 5) is 2.19. The van der Waals surface area contributed by atoms with Gasteiger partial charge in [-0.15, -0.1) is 0 Å². The lowest BCUT2D eigenvalue weighted by Gasteiger charge is -2.24. The smallest absolute Gasteiger partial charge is 0.122 e. The second kappa shape index (κ2) is 4.53. The molecule has 1 aliphatic carbocycles. The molecule has 0 bridgehead atoms. The number of nitriles is 1. The molecule has 1 aliphatic rings. The van der Waals surface area contributed by atoms with E-state index in [4.69, 9.17) is 10.00 Å². The quantitative estimate of drug-likeness (QED) is 0.816. The van der Waals surface area contributed by atoms with Crippen LogP contribution in [0.2, 0.25) is 0 Å². The minimum atomic E-state index is -0.102. The van der Waals surface area contributed by atoms with E-state index in [9.17, 15) is 0 Å². The molecule has 0 aromatic heterocycles. The maximum atomic E-state index is 9.16. The first-order chi connectivity index (χ1) is 8.51. The Morgan fingerprint density at radius 1 is 1.33 bits per heavy atom. The van der Waals surface area contributed by atoms with E-state index >= 15 is 0 Å². The summed E-state index contributed by atoms with van der Waals surface area (Å²) >= 11 is 0. The van der Waals surface area contributed by atoms with Gasteiger partial charge in [0.15, 0.2) is 0 Å². The van der Waals surface area contributed by atoms with E-state index in [1.54, 1.807) is 7.11 Å². The summed E-state index contributed by atoms with van der Waals surface area (Å²) in [5, 5.41) is 9.16. The van der Waals surface area contributed by atoms with Gasteiger partial charge in [0.1, 0.15) is 5.75 Å². The van der Waals surface area contributed by atoms with Gasteiger partial charge in [-0.1, -0.05) is 0 Å². The van der Waals surface area contributed by atoms with Gasteiger partial charge in [0.05, 0.1) is 18.6 Å². The number of nitrogens with zero attached hydrogens (tertiary/aromatic N) is 2. The molecule has 0 heterocycles. The zero-order valence-electron chi connectivity index (χ0n) is 11.6. The van der Waals surface area contributed by atoms with Crippen molar-refractivity contribution in [1.82, 2.24) is 0 Å². The van der Waals surface area contributed by atoms with Gasteiger partial charge in [-0.2, -0.15) is 5.26 Å². The lowest BCUT2D eigenvalue weighted by molar-refractivity contribution is 0.411. The van der Waals surface area contributed by atoms with E-state index in [-0.39, 0.29) is 5.41 Å². The van der Waals surface area contributed by atoms with Crippen LogP contribution in [0.5, 0.6) is 5.75 Å². The van der Waals surface area contributed by atoms with Crippen molar-refractivity contribution in [2.24, 2.45) is 5.41 Å². The number of benzene rings is 1. The summed E-state index contributed by atoms with van der Waals surface area (Å²) in [6, 6.07) is 6.65. The number of ether oxygens (including phenoxy) is 1. The number of hydrogen-bond acceptors (Lipinski definition) is 3. The van der Waals surface area contributed by atoms with Crippen molar-refractivity contribution in [1.29, 1.82) is 5.26 Å². The van der Waals surface area contributed by atoms with E-state index < -0.39 is 0 Å². The van der Waals surface area contributed by atoms with Gasteiger partial charge >= 0.3 is 0 Å². The summed E-state index contributed by atoms with van der Waals surface area (Å²) in [6.45, 7) is 4.95. The third-order valence-electron chi connectivity index (χ3n) is 3.76. The predicted molar refractivity (Wildman–Crippen MR) is 73.0 cm³/mol. The fraction of sp³-hybridized carbons (Fsp3) is 0.533. The van der Waals surface area contributed by atoms with E-state index in [2.05, 4.69) is 37.1 Å². The molecule has 96 valence electrons. The molecular weight excluding hydrogens is 224 g/mol. The van der Waals surface area contributed by atoms with Crippen molar-refractivity contribution in [3.05, 3.63) is 23.3 Å². The second-order valence-corrected chi connectivity index (χ2v) is 5.36. The zero-order valence-corrected chi connectivity index (χ0v) is 11.6. The highest BCUT2D eigenvalue weighted by Crippen LogP contribution is 2.46. The van der Waals surface area contributed by atoms with Crippen molar-refractivity contribution < 1.29 is 4.74 Å². The van der Waals surface area contributed by atoms with Crippen molar-refractivity contribution in [2.45, 2.75) is 26.7 Å². The van der Waals surface area contributed by atoms with Crippen molar-refractivity contribution >= 4 is 5.69 Å². The largest absolute Gasteiger partial charge is 0.496 e. The lowest BCUT2D eigenvalue weighted by Crippen LogP contribution is -2.26. The Balaban J connectivity index is 2.23. The lowest BCUT2D eigenvalue weighted by atomic mass is 10.1.